The number of nitrogens with one attached hydrogen (secondary N) is 2. The van der Waals surface area contributed by atoms with Crippen LogP contribution in [0, 0.1) is 0 Å². The zero-order chi connectivity index (χ0) is 13.7. The Balaban J connectivity index is 2.07. The molecule has 0 aliphatic heterocycles. The molecule has 4 nitrogen and oxygen atoms in total. The summed E-state index contributed by atoms with van der Waals surface area (Å²) >= 11 is 1.79. The molecule has 19 heavy (non-hydrogen) atoms. The van der Waals surface area contributed by atoms with E-state index < -0.39 is 0 Å². The van der Waals surface area contributed by atoms with Crippen molar-refractivity contribution in [2.45, 2.75) is 26.2 Å². The lowest BCUT2D eigenvalue weighted by molar-refractivity contribution is 0.845. The zero-order valence-corrected chi connectivity index (χ0v) is 12.4. The van der Waals surface area contributed by atoms with Gasteiger partial charge in [0.15, 0.2) is 0 Å². The van der Waals surface area contributed by atoms with Crippen LogP contribution in [0.1, 0.15) is 30.2 Å². The van der Waals surface area contributed by atoms with E-state index in [0.29, 0.717) is 5.92 Å². The average molecular weight is 276 g/mol. The lowest BCUT2D eigenvalue weighted by atomic mass is 10.0. The van der Waals surface area contributed by atoms with Crippen molar-refractivity contribution in [1.82, 2.24) is 9.97 Å². The van der Waals surface area contributed by atoms with E-state index in [2.05, 4.69) is 52.0 Å². The molecular weight excluding hydrogens is 256 g/mol. The van der Waals surface area contributed by atoms with E-state index in [4.69, 9.17) is 0 Å². The molecule has 2 aromatic rings. The molecule has 0 saturated heterocycles. The minimum Gasteiger partial charge on any atom is -0.373 e. The van der Waals surface area contributed by atoms with Crippen molar-refractivity contribution in [3.8, 4) is 0 Å². The van der Waals surface area contributed by atoms with Crippen LogP contribution in [0.15, 0.2) is 23.8 Å². The van der Waals surface area contributed by atoms with Gasteiger partial charge in [0, 0.05) is 24.0 Å². The summed E-state index contributed by atoms with van der Waals surface area (Å²) < 4.78 is 0. The molecule has 5 heteroatoms. The second-order valence-corrected chi connectivity index (χ2v) is 5.68. The summed E-state index contributed by atoms with van der Waals surface area (Å²) in [7, 11) is 1.89. The Kier molecular flexibility index (Phi) is 4.74. The maximum Gasteiger partial charge on any atom is 0.134 e. The van der Waals surface area contributed by atoms with Crippen LogP contribution in [-0.4, -0.2) is 23.6 Å². The molecule has 0 aliphatic carbocycles. The van der Waals surface area contributed by atoms with Gasteiger partial charge < -0.3 is 10.6 Å². The predicted octanol–water partition coefficient (Wildman–Crippen LogP) is 3.36. The lowest BCUT2D eigenvalue weighted by Gasteiger charge is -2.16. The van der Waals surface area contributed by atoms with Gasteiger partial charge in [-0.2, -0.15) is 0 Å². The molecule has 0 saturated carbocycles. The molecule has 2 rings (SSSR count). The fraction of sp³-hybridized carbons (Fsp3) is 0.429. The van der Waals surface area contributed by atoms with Crippen LogP contribution >= 0.6 is 11.3 Å². The number of rotatable bonds is 6. The highest BCUT2D eigenvalue weighted by atomic mass is 32.1. The Bertz CT molecular complexity index is 508. The highest BCUT2D eigenvalue weighted by Gasteiger charge is 2.13. The number of anilines is 2. The minimum atomic E-state index is 0.382. The molecule has 0 fully saturated rings. The highest BCUT2D eigenvalue weighted by Crippen LogP contribution is 2.27. The Hall–Kier alpha value is -1.62. The SMILES string of the molecule is CNc1ncnc(NCCc2cccs2)c1C(C)C. The lowest BCUT2D eigenvalue weighted by Crippen LogP contribution is -2.11. The van der Waals surface area contributed by atoms with Crippen molar-refractivity contribution in [1.29, 1.82) is 0 Å². The van der Waals surface area contributed by atoms with Crippen molar-refractivity contribution in [2.75, 3.05) is 24.2 Å². The van der Waals surface area contributed by atoms with Gasteiger partial charge in [0.05, 0.1) is 0 Å². The van der Waals surface area contributed by atoms with Gasteiger partial charge in [0.25, 0.3) is 0 Å². The summed E-state index contributed by atoms with van der Waals surface area (Å²) in [4.78, 5) is 10.0. The van der Waals surface area contributed by atoms with E-state index >= 15 is 0 Å². The van der Waals surface area contributed by atoms with Crippen molar-refractivity contribution < 1.29 is 0 Å². The molecule has 0 aliphatic rings. The van der Waals surface area contributed by atoms with Crippen LogP contribution in [0.3, 0.4) is 0 Å². The third kappa shape index (κ3) is 3.44. The Labute approximate surface area is 118 Å². The van der Waals surface area contributed by atoms with E-state index in [1.165, 1.54) is 4.88 Å². The van der Waals surface area contributed by atoms with E-state index in [1.54, 1.807) is 17.7 Å². The van der Waals surface area contributed by atoms with Crippen LogP contribution in [0.4, 0.5) is 11.6 Å². The van der Waals surface area contributed by atoms with Gasteiger partial charge in [-0.15, -0.1) is 11.3 Å². The minimum absolute atomic E-state index is 0.382. The molecule has 0 spiro atoms. The third-order valence-electron chi connectivity index (χ3n) is 2.94. The van der Waals surface area contributed by atoms with Gasteiger partial charge in [-0.1, -0.05) is 19.9 Å². The van der Waals surface area contributed by atoms with Crippen molar-refractivity contribution >= 4 is 23.0 Å². The predicted molar refractivity (Wildman–Crippen MR) is 82.2 cm³/mol. The van der Waals surface area contributed by atoms with Gasteiger partial charge in [-0.25, -0.2) is 9.97 Å². The smallest absolute Gasteiger partial charge is 0.134 e. The summed E-state index contributed by atoms with van der Waals surface area (Å²) in [5, 5.41) is 8.67. The second kappa shape index (κ2) is 6.52. The number of aromatic nitrogens is 2. The summed E-state index contributed by atoms with van der Waals surface area (Å²) in [6.07, 6.45) is 2.62. The molecule has 2 aromatic heterocycles. The van der Waals surface area contributed by atoms with Crippen LogP contribution < -0.4 is 10.6 Å². The van der Waals surface area contributed by atoms with E-state index in [0.717, 1.165) is 30.2 Å². The molecule has 102 valence electrons. The maximum absolute atomic E-state index is 4.37. The van der Waals surface area contributed by atoms with E-state index in [1.807, 2.05) is 7.05 Å². The van der Waals surface area contributed by atoms with Gasteiger partial charge in [0.1, 0.15) is 18.0 Å². The van der Waals surface area contributed by atoms with Gasteiger partial charge in [-0.3, -0.25) is 0 Å². The van der Waals surface area contributed by atoms with E-state index in [-0.39, 0.29) is 0 Å². The summed E-state index contributed by atoms with van der Waals surface area (Å²) in [5.74, 6) is 2.22. The Morgan fingerprint density at radius 3 is 2.68 bits per heavy atom. The van der Waals surface area contributed by atoms with Crippen molar-refractivity contribution in [2.24, 2.45) is 0 Å². The largest absolute Gasteiger partial charge is 0.373 e. The molecule has 0 aromatic carbocycles. The maximum atomic E-state index is 4.37. The third-order valence-corrected chi connectivity index (χ3v) is 3.88. The number of thiophene rings is 1. The van der Waals surface area contributed by atoms with Crippen LogP contribution in [0.25, 0.3) is 0 Å². The molecule has 0 unspecified atom stereocenters. The van der Waals surface area contributed by atoms with E-state index in [9.17, 15) is 0 Å². The molecule has 0 atom stereocenters. The first kappa shape index (κ1) is 13.8. The second-order valence-electron chi connectivity index (χ2n) is 4.65. The zero-order valence-electron chi connectivity index (χ0n) is 11.6. The summed E-state index contributed by atoms with van der Waals surface area (Å²) in [6.45, 7) is 5.20. The monoisotopic (exact) mass is 276 g/mol. The van der Waals surface area contributed by atoms with Gasteiger partial charge >= 0.3 is 0 Å². The van der Waals surface area contributed by atoms with Gasteiger partial charge in [-0.05, 0) is 23.8 Å². The van der Waals surface area contributed by atoms with Crippen molar-refractivity contribution in [3.05, 3.63) is 34.3 Å². The van der Waals surface area contributed by atoms with Crippen molar-refractivity contribution in [3.63, 3.8) is 0 Å². The molecule has 0 amide bonds. The standard InChI is InChI=1S/C14H20N4S/c1-10(2)12-13(15-3)17-9-18-14(12)16-7-6-11-5-4-8-19-11/h4-5,8-10H,6-7H2,1-3H3,(H2,15,16,17,18). The Morgan fingerprint density at radius 1 is 1.26 bits per heavy atom. The Morgan fingerprint density at radius 2 is 2.05 bits per heavy atom. The van der Waals surface area contributed by atoms with Crippen LogP contribution in [-0.2, 0) is 6.42 Å². The normalized spacial score (nSPS) is 10.7. The molecule has 0 radical (unpaired) electrons. The molecule has 2 N–H and O–H groups in total. The molecular formula is C14H20N4S. The van der Waals surface area contributed by atoms with Gasteiger partial charge in [0.2, 0.25) is 0 Å². The summed E-state index contributed by atoms with van der Waals surface area (Å²) in [6, 6.07) is 4.25. The fourth-order valence-corrected chi connectivity index (χ4v) is 2.75. The topological polar surface area (TPSA) is 49.8 Å². The number of hydrogen-bond donors (Lipinski definition) is 2. The highest BCUT2D eigenvalue weighted by molar-refractivity contribution is 7.09. The molecule has 2 heterocycles. The molecule has 0 bridgehead atoms. The first-order valence-corrected chi connectivity index (χ1v) is 7.39. The fourth-order valence-electron chi connectivity index (χ4n) is 2.04. The summed E-state index contributed by atoms with van der Waals surface area (Å²) in [5.41, 5.74) is 1.15. The van der Waals surface area contributed by atoms with Crippen LogP contribution in [0.5, 0.6) is 0 Å². The first-order chi connectivity index (χ1) is 9.22. The number of nitrogens with zero attached hydrogens (tertiary/aromatic N) is 2. The first-order valence-electron chi connectivity index (χ1n) is 6.51. The number of hydrogen-bond acceptors (Lipinski definition) is 5. The average Bonchev–Trinajstić information content (AvgIpc) is 2.91. The quantitative estimate of drug-likeness (QED) is 0.849. The van der Waals surface area contributed by atoms with Crippen LogP contribution in [0.2, 0.25) is 0 Å².